The van der Waals surface area contributed by atoms with Crippen LogP contribution in [0.4, 0.5) is 4.79 Å². The molecular weight excluding hydrogens is 276 g/mol. The van der Waals surface area contributed by atoms with Crippen LogP contribution in [-0.2, 0) is 14.3 Å². The van der Waals surface area contributed by atoms with Crippen molar-refractivity contribution in [3.63, 3.8) is 0 Å². The summed E-state index contributed by atoms with van der Waals surface area (Å²) in [7, 11) is 0. The fraction of sp³-hybridized carbons (Fsp3) is 0.786. The Labute approximate surface area is 124 Å². The molecule has 0 aliphatic carbocycles. The normalized spacial score (nSPS) is 18.4. The van der Waals surface area contributed by atoms with E-state index in [2.05, 4.69) is 5.32 Å². The molecule has 1 atom stereocenters. The van der Waals surface area contributed by atoms with Gasteiger partial charge in [0.05, 0.1) is 6.04 Å². The second-order valence-corrected chi connectivity index (χ2v) is 6.22. The lowest BCUT2D eigenvalue weighted by molar-refractivity contribution is -0.137. The van der Waals surface area contributed by atoms with Crippen molar-refractivity contribution in [2.45, 2.75) is 58.1 Å². The average molecular weight is 300 g/mol. The Morgan fingerprint density at radius 3 is 2.52 bits per heavy atom. The number of carbonyl (C=O) groups excluding carboxylic acids is 2. The van der Waals surface area contributed by atoms with E-state index >= 15 is 0 Å². The second-order valence-electron chi connectivity index (χ2n) is 6.22. The third-order valence-corrected chi connectivity index (χ3v) is 3.04. The van der Waals surface area contributed by atoms with E-state index in [0.717, 1.165) is 0 Å². The molecule has 0 radical (unpaired) electrons. The highest BCUT2D eigenvalue weighted by atomic mass is 16.6. The maximum atomic E-state index is 11.9. The van der Waals surface area contributed by atoms with Crippen molar-refractivity contribution in [2.75, 3.05) is 13.1 Å². The zero-order valence-corrected chi connectivity index (χ0v) is 12.8. The largest absolute Gasteiger partial charge is 0.481 e. The fourth-order valence-corrected chi connectivity index (χ4v) is 2.13. The monoisotopic (exact) mass is 300 g/mol. The van der Waals surface area contributed by atoms with Crippen molar-refractivity contribution in [2.24, 2.45) is 0 Å². The minimum atomic E-state index is -0.895. The van der Waals surface area contributed by atoms with Crippen LogP contribution in [0.3, 0.4) is 0 Å². The van der Waals surface area contributed by atoms with Crippen LogP contribution >= 0.6 is 0 Å². The summed E-state index contributed by atoms with van der Waals surface area (Å²) in [6.45, 7) is 6.40. The second kappa shape index (κ2) is 7.28. The molecule has 1 aliphatic heterocycles. The van der Waals surface area contributed by atoms with Gasteiger partial charge in [-0.25, -0.2) is 4.79 Å². The van der Waals surface area contributed by atoms with Gasteiger partial charge in [0.1, 0.15) is 5.60 Å². The predicted molar refractivity (Wildman–Crippen MR) is 75.8 cm³/mol. The van der Waals surface area contributed by atoms with E-state index in [9.17, 15) is 14.4 Å². The predicted octanol–water partition coefficient (Wildman–Crippen LogP) is 1.37. The number of hydrogen-bond acceptors (Lipinski definition) is 4. The average Bonchev–Trinajstić information content (AvgIpc) is 2.74. The molecule has 2 N–H and O–H groups in total. The van der Waals surface area contributed by atoms with E-state index < -0.39 is 17.7 Å². The number of nitrogens with zero attached hydrogens (tertiary/aromatic N) is 1. The van der Waals surface area contributed by atoms with Gasteiger partial charge in [-0.3, -0.25) is 9.59 Å². The number of carbonyl (C=O) groups is 3. The summed E-state index contributed by atoms with van der Waals surface area (Å²) >= 11 is 0. The van der Waals surface area contributed by atoms with Gasteiger partial charge in [-0.1, -0.05) is 0 Å². The van der Waals surface area contributed by atoms with Gasteiger partial charge in [-0.15, -0.1) is 0 Å². The summed E-state index contributed by atoms with van der Waals surface area (Å²) in [6.07, 6.45) is 0.774. The first kappa shape index (κ1) is 17.3. The number of carboxylic acids is 1. The first-order chi connectivity index (χ1) is 9.67. The van der Waals surface area contributed by atoms with Crippen LogP contribution in [0.25, 0.3) is 0 Å². The maximum Gasteiger partial charge on any atom is 0.407 e. The third kappa shape index (κ3) is 6.97. The minimum Gasteiger partial charge on any atom is -0.481 e. The molecule has 2 amide bonds. The lowest BCUT2D eigenvalue weighted by atomic mass is 10.2. The van der Waals surface area contributed by atoms with Crippen LogP contribution in [0.1, 0.15) is 46.5 Å². The van der Waals surface area contributed by atoms with E-state index in [1.165, 1.54) is 0 Å². The molecule has 0 aromatic heterocycles. The van der Waals surface area contributed by atoms with E-state index in [1.54, 1.807) is 25.7 Å². The van der Waals surface area contributed by atoms with Crippen LogP contribution in [0.5, 0.6) is 0 Å². The van der Waals surface area contributed by atoms with Gasteiger partial charge in [0.25, 0.3) is 0 Å². The van der Waals surface area contributed by atoms with Crippen molar-refractivity contribution in [1.29, 1.82) is 0 Å². The number of rotatable bonds is 5. The molecule has 0 bridgehead atoms. The Kier molecular flexibility index (Phi) is 5.99. The van der Waals surface area contributed by atoms with E-state index in [0.29, 0.717) is 25.9 Å². The Morgan fingerprint density at radius 2 is 1.95 bits per heavy atom. The van der Waals surface area contributed by atoms with Crippen molar-refractivity contribution < 1.29 is 24.2 Å². The van der Waals surface area contributed by atoms with Crippen molar-refractivity contribution in [1.82, 2.24) is 10.2 Å². The summed E-state index contributed by atoms with van der Waals surface area (Å²) in [5.41, 5.74) is -0.547. The highest BCUT2D eigenvalue weighted by molar-refractivity contribution is 5.77. The molecule has 21 heavy (non-hydrogen) atoms. The molecule has 1 fully saturated rings. The summed E-state index contributed by atoms with van der Waals surface area (Å²) in [6, 6.07) is -0.108. The highest BCUT2D eigenvalue weighted by Gasteiger charge is 2.28. The molecule has 7 heteroatoms. The summed E-state index contributed by atoms with van der Waals surface area (Å²) in [5, 5.41) is 11.3. The summed E-state index contributed by atoms with van der Waals surface area (Å²) in [5.74, 6) is -0.960. The highest BCUT2D eigenvalue weighted by Crippen LogP contribution is 2.13. The number of carboxylic acid groups (broad SMARTS) is 1. The van der Waals surface area contributed by atoms with Crippen LogP contribution in [0.15, 0.2) is 0 Å². The molecule has 0 aromatic carbocycles. The van der Waals surface area contributed by atoms with Gasteiger partial charge in [-0.2, -0.15) is 0 Å². The molecule has 0 unspecified atom stereocenters. The molecule has 1 rings (SSSR count). The van der Waals surface area contributed by atoms with Crippen molar-refractivity contribution in [3.8, 4) is 0 Å². The molecular formula is C14H24N2O5. The smallest absolute Gasteiger partial charge is 0.407 e. The SMILES string of the molecule is CC(C)(C)OC(=O)N[C@H]1CCN(C(=O)CCCC(=O)O)C1. The van der Waals surface area contributed by atoms with Crippen molar-refractivity contribution in [3.05, 3.63) is 0 Å². The molecule has 1 saturated heterocycles. The van der Waals surface area contributed by atoms with Gasteiger partial charge < -0.3 is 20.1 Å². The Hall–Kier alpha value is -1.79. The molecule has 1 heterocycles. The summed E-state index contributed by atoms with van der Waals surface area (Å²) in [4.78, 5) is 35.6. The molecule has 120 valence electrons. The number of nitrogens with one attached hydrogen (secondary N) is 1. The number of aliphatic carboxylic acids is 1. The lowest BCUT2D eigenvalue weighted by Gasteiger charge is -2.22. The number of amides is 2. The third-order valence-electron chi connectivity index (χ3n) is 3.04. The maximum absolute atomic E-state index is 11.9. The van der Waals surface area contributed by atoms with Gasteiger partial charge in [0.15, 0.2) is 0 Å². The summed E-state index contributed by atoms with van der Waals surface area (Å²) < 4.78 is 5.17. The van der Waals surface area contributed by atoms with E-state index in [-0.39, 0.29) is 24.8 Å². The first-order valence-corrected chi connectivity index (χ1v) is 7.16. The first-order valence-electron chi connectivity index (χ1n) is 7.16. The fourth-order valence-electron chi connectivity index (χ4n) is 2.13. The van der Waals surface area contributed by atoms with E-state index in [4.69, 9.17) is 9.84 Å². The Balaban J connectivity index is 2.30. The quantitative estimate of drug-likeness (QED) is 0.799. The molecule has 1 aliphatic rings. The zero-order valence-electron chi connectivity index (χ0n) is 12.8. The zero-order chi connectivity index (χ0) is 16.0. The molecule has 0 saturated carbocycles. The van der Waals surface area contributed by atoms with E-state index in [1.807, 2.05) is 0 Å². The number of hydrogen-bond donors (Lipinski definition) is 2. The van der Waals surface area contributed by atoms with Gasteiger partial charge in [0, 0.05) is 25.9 Å². The van der Waals surface area contributed by atoms with Crippen LogP contribution in [0, 0.1) is 0 Å². The van der Waals surface area contributed by atoms with Gasteiger partial charge in [-0.05, 0) is 33.6 Å². The standard InChI is InChI=1S/C14H24N2O5/c1-14(2,3)21-13(20)15-10-7-8-16(9-10)11(17)5-4-6-12(18)19/h10H,4-9H2,1-3H3,(H,15,20)(H,18,19)/t10-/m0/s1. The number of likely N-dealkylation sites (tertiary alicyclic amines) is 1. The molecule has 0 aromatic rings. The minimum absolute atomic E-state index is 0.000826. The van der Waals surface area contributed by atoms with Crippen molar-refractivity contribution >= 4 is 18.0 Å². The Bertz CT molecular complexity index is 403. The lowest BCUT2D eigenvalue weighted by Crippen LogP contribution is -2.41. The number of ether oxygens (including phenoxy) is 1. The Morgan fingerprint density at radius 1 is 1.29 bits per heavy atom. The van der Waals surface area contributed by atoms with Crippen LogP contribution in [0.2, 0.25) is 0 Å². The van der Waals surface area contributed by atoms with Crippen LogP contribution < -0.4 is 5.32 Å². The van der Waals surface area contributed by atoms with Gasteiger partial charge in [0.2, 0.25) is 5.91 Å². The van der Waals surface area contributed by atoms with Crippen LogP contribution in [-0.4, -0.2) is 52.7 Å². The molecule has 0 spiro atoms. The number of alkyl carbamates (subject to hydrolysis) is 1. The topological polar surface area (TPSA) is 95.9 Å². The van der Waals surface area contributed by atoms with Gasteiger partial charge >= 0.3 is 12.1 Å². The molecule has 7 nitrogen and oxygen atoms in total.